The molecule has 1 heterocycles. The molecule has 4 nitrogen and oxygen atoms in total. The van der Waals surface area contributed by atoms with Crippen molar-refractivity contribution in [1.82, 2.24) is 10.3 Å². The van der Waals surface area contributed by atoms with Crippen molar-refractivity contribution >= 4 is 39.2 Å². The SMILES string of the molecule is CSCC[C@H](N)C(=O)NC(C)Cc1nc2ccccc2s1. The van der Waals surface area contributed by atoms with Gasteiger partial charge in [0.05, 0.1) is 21.3 Å². The Bertz CT molecular complexity index is 566. The van der Waals surface area contributed by atoms with Crippen LogP contribution >= 0.6 is 23.1 Å². The van der Waals surface area contributed by atoms with Crippen molar-refractivity contribution in [2.24, 2.45) is 5.73 Å². The van der Waals surface area contributed by atoms with E-state index in [1.165, 1.54) is 4.70 Å². The highest BCUT2D eigenvalue weighted by Gasteiger charge is 2.16. The molecule has 1 amide bonds. The molecule has 114 valence electrons. The van der Waals surface area contributed by atoms with Crippen LogP contribution in [0.15, 0.2) is 24.3 Å². The van der Waals surface area contributed by atoms with Crippen molar-refractivity contribution in [3.63, 3.8) is 0 Å². The number of thioether (sulfide) groups is 1. The lowest BCUT2D eigenvalue weighted by Gasteiger charge is -2.16. The van der Waals surface area contributed by atoms with Crippen LogP contribution in [0.2, 0.25) is 0 Å². The van der Waals surface area contributed by atoms with Gasteiger partial charge in [-0.3, -0.25) is 4.79 Å². The summed E-state index contributed by atoms with van der Waals surface area (Å²) in [6, 6.07) is 7.70. The van der Waals surface area contributed by atoms with E-state index in [-0.39, 0.29) is 11.9 Å². The van der Waals surface area contributed by atoms with Crippen LogP contribution < -0.4 is 11.1 Å². The van der Waals surface area contributed by atoms with E-state index in [1.54, 1.807) is 23.1 Å². The van der Waals surface area contributed by atoms with E-state index in [2.05, 4.69) is 16.4 Å². The van der Waals surface area contributed by atoms with Crippen LogP contribution in [-0.2, 0) is 11.2 Å². The maximum absolute atomic E-state index is 12.0. The second kappa shape index (κ2) is 7.77. The average molecular weight is 323 g/mol. The zero-order chi connectivity index (χ0) is 15.2. The Kier molecular flexibility index (Phi) is 6.02. The fraction of sp³-hybridized carbons (Fsp3) is 0.467. The summed E-state index contributed by atoms with van der Waals surface area (Å²) in [4.78, 5) is 16.5. The summed E-state index contributed by atoms with van der Waals surface area (Å²) in [7, 11) is 0. The summed E-state index contributed by atoms with van der Waals surface area (Å²) in [5.74, 6) is 0.832. The summed E-state index contributed by atoms with van der Waals surface area (Å²) < 4.78 is 1.18. The fourth-order valence-electron chi connectivity index (χ4n) is 2.05. The maximum atomic E-state index is 12.0. The number of para-hydroxylation sites is 1. The smallest absolute Gasteiger partial charge is 0.237 e. The number of hydrogen-bond acceptors (Lipinski definition) is 5. The number of benzene rings is 1. The van der Waals surface area contributed by atoms with Gasteiger partial charge in [-0.15, -0.1) is 11.3 Å². The topological polar surface area (TPSA) is 68.0 Å². The first-order valence-electron chi connectivity index (χ1n) is 6.99. The molecule has 0 fully saturated rings. The molecule has 2 rings (SSSR count). The third-order valence-electron chi connectivity index (χ3n) is 3.18. The van der Waals surface area contributed by atoms with E-state index in [4.69, 9.17) is 5.73 Å². The van der Waals surface area contributed by atoms with Gasteiger partial charge in [-0.2, -0.15) is 11.8 Å². The third-order valence-corrected chi connectivity index (χ3v) is 4.88. The monoisotopic (exact) mass is 323 g/mol. The van der Waals surface area contributed by atoms with Gasteiger partial charge in [0.2, 0.25) is 5.91 Å². The summed E-state index contributed by atoms with van der Waals surface area (Å²) in [5.41, 5.74) is 6.89. The van der Waals surface area contributed by atoms with Crippen molar-refractivity contribution in [1.29, 1.82) is 0 Å². The van der Waals surface area contributed by atoms with Crippen molar-refractivity contribution in [2.75, 3.05) is 12.0 Å². The van der Waals surface area contributed by atoms with Gasteiger partial charge in [0.1, 0.15) is 0 Å². The Morgan fingerprint density at radius 3 is 2.95 bits per heavy atom. The minimum atomic E-state index is -0.421. The molecule has 0 saturated heterocycles. The van der Waals surface area contributed by atoms with Crippen molar-refractivity contribution < 1.29 is 4.79 Å². The molecule has 0 saturated carbocycles. The number of thiazole rings is 1. The van der Waals surface area contributed by atoms with Crippen molar-refractivity contribution in [3.8, 4) is 0 Å². The number of nitrogens with one attached hydrogen (secondary N) is 1. The Morgan fingerprint density at radius 2 is 2.24 bits per heavy atom. The number of fused-ring (bicyclic) bond motifs is 1. The van der Waals surface area contributed by atoms with E-state index < -0.39 is 6.04 Å². The number of hydrogen-bond donors (Lipinski definition) is 2. The normalized spacial score (nSPS) is 14.0. The highest BCUT2D eigenvalue weighted by atomic mass is 32.2. The Hall–Kier alpha value is -1.11. The number of carbonyl (C=O) groups excluding carboxylic acids is 1. The lowest BCUT2D eigenvalue weighted by molar-refractivity contribution is -0.122. The lowest BCUT2D eigenvalue weighted by Crippen LogP contribution is -2.45. The van der Waals surface area contributed by atoms with Gasteiger partial charge in [0, 0.05) is 12.5 Å². The lowest BCUT2D eigenvalue weighted by atomic mass is 10.2. The second-order valence-electron chi connectivity index (χ2n) is 5.08. The largest absolute Gasteiger partial charge is 0.352 e. The third kappa shape index (κ3) is 4.69. The van der Waals surface area contributed by atoms with Gasteiger partial charge < -0.3 is 11.1 Å². The van der Waals surface area contributed by atoms with E-state index in [0.717, 1.165) is 22.7 Å². The first kappa shape index (κ1) is 16.3. The van der Waals surface area contributed by atoms with Crippen LogP contribution in [-0.4, -0.2) is 35.0 Å². The van der Waals surface area contributed by atoms with Gasteiger partial charge in [0.25, 0.3) is 0 Å². The molecule has 2 atom stereocenters. The molecule has 0 aliphatic rings. The first-order chi connectivity index (χ1) is 10.1. The molecule has 6 heteroatoms. The standard InChI is InChI=1S/C15H21N3OS2/c1-10(17-15(19)11(16)7-8-20-2)9-14-18-12-5-3-4-6-13(12)21-14/h3-6,10-11H,7-9,16H2,1-2H3,(H,17,19)/t10?,11-/m0/s1. The molecular weight excluding hydrogens is 302 g/mol. The molecule has 0 aliphatic carbocycles. The molecule has 3 N–H and O–H groups in total. The number of rotatable bonds is 7. The van der Waals surface area contributed by atoms with Crippen LogP contribution in [0.1, 0.15) is 18.4 Å². The van der Waals surface area contributed by atoms with E-state index >= 15 is 0 Å². The molecule has 1 unspecified atom stereocenters. The Morgan fingerprint density at radius 1 is 1.48 bits per heavy atom. The molecule has 2 aromatic rings. The quantitative estimate of drug-likeness (QED) is 0.821. The highest BCUT2D eigenvalue weighted by molar-refractivity contribution is 7.98. The number of nitrogens with two attached hydrogens (primary N) is 1. The number of nitrogens with zero attached hydrogens (tertiary/aromatic N) is 1. The van der Waals surface area contributed by atoms with Crippen LogP contribution in [0.3, 0.4) is 0 Å². The molecule has 21 heavy (non-hydrogen) atoms. The Labute approximate surface area is 133 Å². The summed E-state index contributed by atoms with van der Waals surface area (Å²) in [6.45, 7) is 1.99. The summed E-state index contributed by atoms with van der Waals surface area (Å²) >= 11 is 3.38. The zero-order valence-corrected chi connectivity index (χ0v) is 14.0. The van der Waals surface area contributed by atoms with Gasteiger partial charge in [-0.1, -0.05) is 12.1 Å². The average Bonchev–Trinajstić information content (AvgIpc) is 2.86. The minimum Gasteiger partial charge on any atom is -0.352 e. The number of aromatic nitrogens is 1. The summed E-state index contributed by atoms with van der Waals surface area (Å²) in [5, 5.41) is 4.02. The first-order valence-corrected chi connectivity index (χ1v) is 9.20. The predicted molar refractivity (Wildman–Crippen MR) is 91.9 cm³/mol. The minimum absolute atomic E-state index is 0.0402. The molecule has 0 radical (unpaired) electrons. The van der Waals surface area contributed by atoms with Gasteiger partial charge in [-0.05, 0) is 37.5 Å². The van der Waals surface area contributed by atoms with Crippen LogP contribution in [0.4, 0.5) is 0 Å². The van der Waals surface area contributed by atoms with Crippen molar-refractivity contribution in [2.45, 2.75) is 31.8 Å². The molecule has 0 aliphatic heterocycles. The van der Waals surface area contributed by atoms with Crippen LogP contribution in [0.25, 0.3) is 10.2 Å². The van der Waals surface area contributed by atoms with E-state index in [1.807, 2.05) is 31.4 Å². The fourth-order valence-corrected chi connectivity index (χ4v) is 3.63. The highest BCUT2D eigenvalue weighted by Crippen LogP contribution is 2.22. The molecule has 1 aromatic carbocycles. The van der Waals surface area contributed by atoms with Gasteiger partial charge in [-0.25, -0.2) is 4.98 Å². The van der Waals surface area contributed by atoms with Crippen molar-refractivity contribution in [3.05, 3.63) is 29.3 Å². The molecular formula is C15H21N3OS2. The Balaban J connectivity index is 1.89. The zero-order valence-electron chi connectivity index (χ0n) is 12.3. The van der Waals surface area contributed by atoms with Gasteiger partial charge >= 0.3 is 0 Å². The number of amides is 1. The van der Waals surface area contributed by atoms with Crippen LogP contribution in [0, 0.1) is 0 Å². The second-order valence-corrected chi connectivity index (χ2v) is 7.18. The molecule has 0 spiro atoms. The van der Waals surface area contributed by atoms with E-state index in [0.29, 0.717) is 6.42 Å². The predicted octanol–water partition coefficient (Wildman–Crippen LogP) is 2.42. The maximum Gasteiger partial charge on any atom is 0.237 e. The van der Waals surface area contributed by atoms with Crippen LogP contribution in [0.5, 0.6) is 0 Å². The number of carbonyl (C=O) groups is 1. The molecule has 1 aromatic heterocycles. The van der Waals surface area contributed by atoms with E-state index in [9.17, 15) is 4.79 Å². The summed E-state index contributed by atoms with van der Waals surface area (Å²) in [6.07, 6.45) is 3.46. The van der Waals surface area contributed by atoms with Gasteiger partial charge in [0.15, 0.2) is 0 Å². The molecule has 0 bridgehead atoms.